The summed E-state index contributed by atoms with van der Waals surface area (Å²) in [6.45, 7) is 1.92. The molecule has 1 saturated carbocycles. The zero-order chi connectivity index (χ0) is 18.1. The standard InChI is InChI=1S/C20H17N5O/c1-14-11-15(12-21)7-10-19(14)24(16-8-9-16)20(26)18-13-22-25(23-18)17-5-3-2-4-6-17/h2-7,10-11,13,16H,8-9H2,1H3. The first-order chi connectivity index (χ1) is 12.7. The Bertz CT molecular complexity index is 999. The van der Waals surface area contributed by atoms with E-state index in [0.717, 1.165) is 29.8 Å². The molecule has 1 fully saturated rings. The number of hydrogen-bond acceptors (Lipinski definition) is 4. The fourth-order valence-corrected chi connectivity index (χ4v) is 2.97. The maximum atomic E-state index is 13.1. The van der Waals surface area contributed by atoms with Gasteiger partial charge in [0.15, 0.2) is 5.69 Å². The molecule has 0 spiro atoms. The van der Waals surface area contributed by atoms with Crippen LogP contribution in [0, 0.1) is 18.3 Å². The monoisotopic (exact) mass is 343 g/mol. The Balaban J connectivity index is 1.67. The molecule has 0 bridgehead atoms. The van der Waals surface area contributed by atoms with Crippen LogP contribution in [0.5, 0.6) is 0 Å². The van der Waals surface area contributed by atoms with Gasteiger partial charge in [-0.2, -0.15) is 15.2 Å². The minimum Gasteiger partial charge on any atom is -0.304 e. The van der Waals surface area contributed by atoms with Crippen LogP contribution in [0.25, 0.3) is 5.69 Å². The number of anilines is 1. The van der Waals surface area contributed by atoms with Crippen molar-refractivity contribution < 1.29 is 4.79 Å². The lowest BCUT2D eigenvalue weighted by Crippen LogP contribution is -2.34. The summed E-state index contributed by atoms with van der Waals surface area (Å²) < 4.78 is 0. The Kier molecular flexibility index (Phi) is 3.98. The molecule has 1 amide bonds. The Morgan fingerprint density at radius 3 is 2.65 bits per heavy atom. The number of amides is 1. The number of nitrogens with zero attached hydrogens (tertiary/aromatic N) is 5. The molecule has 4 rings (SSSR count). The molecule has 0 saturated heterocycles. The van der Waals surface area contributed by atoms with Gasteiger partial charge in [-0.15, -0.1) is 5.10 Å². The van der Waals surface area contributed by atoms with Crippen molar-refractivity contribution in [1.82, 2.24) is 15.0 Å². The summed E-state index contributed by atoms with van der Waals surface area (Å²) in [5.74, 6) is -0.164. The van der Waals surface area contributed by atoms with Crippen molar-refractivity contribution in [3.05, 3.63) is 71.5 Å². The largest absolute Gasteiger partial charge is 0.304 e. The number of benzene rings is 2. The van der Waals surface area contributed by atoms with E-state index in [9.17, 15) is 4.79 Å². The van der Waals surface area contributed by atoms with E-state index in [4.69, 9.17) is 5.26 Å². The molecule has 1 aromatic heterocycles. The normalized spacial score (nSPS) is 13.2. The van der Waals surface area contributed by atoms with Gasteiger partial charge < -0.3 is 4.90 Å². The van der Waals surface area contributed by atoms with Crippen molar-refractivity contribution in [2.45, 2.75) is 25.8 Å². The smallest absolute Gasteiger partial charge is 0.280 e. The number of para-hydroxylation sites is 1. The SMILES string of the molecule is Cc1cc(C#N)ccc1N(C(=O)c1cnn(-c2ccccc2)n1)C1CC1. The van der Waals surface area contributed by atoms with Crippen molar-refractivity contribution in [2.24, 2.45) is 0 Å². The second-order valence-electron chi connectivity index (χ2n) is 6.37. The van der Waals surface area contributed by atoms with Crippen LogP contribution in [-0.4, -0.2) is 26.9 Å². The highest BCUT2D eigenvalue weighted by Crippen LogP contribution is 2.34. The van der Waals surface area contributed by atoms with Crippen molar-refractivity contribution in [2.75, 3.05) is 4.90 Å². The number of rotatable bonds is 4. The second-order valence-corrected chi connectivity index (χ2v) is 6.37. The van der Waals surface area contributed by atoms with Crippen molar-refractivity contribution in [3.8, 4) is 11.8 Å². The highest BCUT2D eigenvalue weighted by atomic mass is 16.2. The third kappa shape index (κ3) is 2.95. The van der Waals surface area contributed by atoms with Gasteiger partial charge in [0, 0.05) is 11.7 Å². The summed E-state index contributed by atoms with van der Waals surface area (Å²) in [5, 5.41) is 17.7. The van der Waals surface area contributed by atoms with E-state index in [1.165, 1.54) is 11.0 Å². The number of aryl methyl sites for hydroxylation is 1. The first kappa shape index (κ1) is 16.0. The van der Waals surface area contributed by atoms with Crippen LogP contribution in [0.1, 0.15) is 34.5 Å². The number of hydrogen-bond donors (Lipinski definition) is 0. The molecular formula is C20H17N5O. The summed E-state index contributed by atoms with van der Waals surface area (Å²) >= 11 is 0. The van der Waals surface area contributed by atoms with Gasteiger partial charge in [0.05, 0.1) is 23.5 Å². The van der Waals surface area contributed by atoms with Gasteiger partial charge in [-0.3, -0.25) is 4.79 Å². The molecule has 6 nitrogen and oxygen atoms in total. The maximum absolute atomic E-state index is 13.1. The van der Waals surface area contributed by atoms with E-state index < -0.39 is 0 Å². The fourth-order valence-electron chi connectivity index (χ4n) is 2.97. The summed E-state index contributed by atoms with van der Waals surface area (Å²) in [6, 6.07) is 17.2. The minimum atomic E-state index is -0.164. The van der Waals surface area contributed by atoms with Gasteiger partial charge in [-0.25, -0.2) is 0 Å². The average Bonchev–Trinajstić information content (AvgIpc) is 3.38. The van der Waals surface area contributed by atoms with E-state index >= 15 is 0 Å². The molecule has 128 valence electrons. The first-order valence-electron chi connectivity index (χ1n) is 8.49. The molecule has 1 aliphatic rings. The third-order valence-electron chi connectivity index (χ3n) is 4.41. The van der Waals surface area contributed by atoms with Gasteiger partial charge in [0.2, 0.25) is 0 Å². The van der Waals surface area contributed by atoms with Gasteiger partial charge in [0.1, 0.15) is 0 Å². The molecule has 2 aromatic carbocycles. The van der Waals surface area contributed by atoms with Crippen molar-refractivity contribution in [1.29, 1.82) is 5.26 Å². The second kappa shape index (κ2) is 6.45. The van der Waals surface area contributed by atoms with Gasteiger partial charge >= 0.3 is 0 Å². The molecule has 0 N–H and O–H groups in total. The van der Waals surface area contributed by atoms with Crippen LogP contribution in [-0.2, 0) is 0 Å². The third-order valence-corrected chi connectivity index (χ3v) is 4.41. The van der Waals surface area contributed by atoms with Crippen molar-refractivity contribution in [3.63, 3.8) is 0 Å². The Morgan fingerprint density at radius 2 is 2.00 bits per heavy atom. The zero-order valence-corrected chi connectivity index (χ0v) is 14.3. The van der Waals surface area contributed by atoms with E-state index in [0.29, 0.717) is 11.3 Å². The average molecular weight is 343 g/mol. The van der Waals surface area contributed by atoms with E-state index in [1.807, 2.05) is 43.3 Å². The molecule has 3 aromatic rings. The van der Waals surface area contributed by atoms with E-state index in [1.54, 1.807) is 17.0 Å². The number of carbonyl (C=O) groups excluding carboxylic acids is 1. The summed E-state index contributed by atoms with van der Waals surface area (Å²) in [6.07, 6.45) is 3.44. The fraction of sp³-hybridized carbons (Fsp3) is 0.200. The lowest BCUT2D eigenvalue weighted by molar-refractivity contribution is 0.0980. The summed E-state index contributed by atoms with van der Waals surface area (Å²) in [5.41, 5.74) is 3.43. The first-order valence-corrected chi connectivity index (χ1v) is 8.49. The van der Waals surface area contributed by atoms with E-state index in [-0.39, 0.29) is 11.9 Å². The summed E-state index contributed by atoms with van der Waals surface area (Å²) in [7, 11) is 0. The van der Waals surface area contributed by atoms with E-state index in [2.05, 4.69) is 16.3 Å². The lowest BCUT2D eigenvalue weighted by Gasteiger charge is -2.23. The Labute approximate surface area is 151 Å². The maximum Gasteiger partial charge on any atom is 0.280 e. The van der Waals surface area contributed by atoms with Crippen LogP contribution in [0.2, 0.25) is 0 Å². The summed E-state index contributed by atoms with van der Waals surface area (Å²) in [4.78, 5) is 16.4. The molecule has 26 heavy (non-hydrogen) atoms. The number of aromatic nitrogens is 3. The number of nitriles is 1. The van der Waals surface area contributed by atoms with Crippen LogP contribution >= 0.6 is 0 Å². The van der Waals surface area contributed by atoms with Crippen LogP contribution < -0.4 is 4.90 Å². The van der Waals surface area contributed by atoms with Crippen molar-refractivity contribution >= 4 is 11.6 Å². The zero-order valence-electron chi connectivity index (χ0n) is 14.3. The Hall–Kier alpha value is -3.46. The predicted molar refractivity (Wildman–Crippen MR) is 97.1 cm³/mol. The van der Waals surface area contributed by atoms with Crippen LogP contribution in [0.3, 0.4) is 0 Å². The quantitative estimate of drug-likeness (QED) is 0.729. The highest BCUT2D eigenvalue weighted by molar-refractivity contribution is 6.05. The number of carbonyl (C=O) groups is 1. The molecule has 0 unspecified atom stereocenters. The Morgan fingerprint density at radius 1 is 1.23 bits per heavy atom. The predicted octanol–water partition coefficient (Wildman–Crippen LogP) is 3.26. The molecule has 6 heteroatoms. The van der Waals surface area contributed by atoms with Crippen LogP contribution in [0.4, 0.5) is 5.69 Å². The lowest BCUT2D eigenvalue weighted by atomic mass is 10.1. The van der Waals surface area contributed by atoms with Gasteiger partial charge in [-0.05, 0) is 55.7 Å². The topological polar surface area (TPSA) is 74.8 Å². The molecule has 0 radical (unpaired) electrons. The molecule has 0 atom stereocenters. The molecule has 1 heterocycles. The highest BCUT2D eigenvalue weighted by Gasteiger charge is 2.36. The molecule has 1 aliphatic carbocycles. The van der Waals surface area contributed by atoms with Gasteiger partial charge in [-0.1, -0.05) is 18.2 Å². The van der Waals surface area contributed by atoms with Crippen LogP contribution in [0.15, 0.2) is 54.7 Å². The van der Waals surface area contributed by atoms with Gasteiger partial charge in [0.25, 0.3) is 5.91 Å². The minimum absolute atomic E-state index is 0.164. The molecular weight excluding hydrogens is 326 g/mol. The molecule has 0 aliphatic heterocycles.